The van der Waals surface area contributed by atoms with Gasteiger partial charge in [-0.05, 0) is 57.3 Å². The van der Waals surface area contributed by atoms with Crippen molar-refractivity contribution in [2.45, 2.75) is 33.5 Å². The quantitative estimate of drug-likeness (QED) is 0.541. The molecule has 0 spiro atoms. The van der Waals surface area contributed by atoms with Gasteiger partial charge >= 0.3 is 0 Å². The van der Waals surface area contributed by atoms with Gasteiger partial charge in [0.2, 0.25) is 10.7 Å². The number of carbonyl (C=O) groups excluding carboxylic acids is 1. The standard InChI is InChI=1S/C24H31N7OS/c1-18(2)26-22(32)16-28-12-14-29(15-13-28)17-30-24(33)31(21-6-4-19(3)5-7-21)23(27-30)20-8-10-25-11-9-20/h4-11,18H,12-17H2,1-3H3,(H,26,32). The van der Waals surface area contributed by atoms with E-state index in [-0.39, 0.29) is 11.9 Å². The second-order valence-corrected chi connectivity index (χ2v) is 9.14. The van der Waals surface area contributed by atoms with E-state index in [1.165, 1.54) is 5.56 Å². The fraction of sp³-hybridized carbons (Fsp3) is 0.417. The summed E-state index contributed by atoms with van der Waals surface area (Å²) in [6.45, 7) is 10.5. The summed E-state index contributed by atoms with van der Waals surface area (Å²) in [6.07, 6.45) is 3.54. The maximum absolute atomic E-state index is 12.1. The van der Waals surface area contributed by atoms with Gasteiger partial charge < -0.3 is 5.32 Å². The average molecular weight is 466 g/mol. The molecule has 3 heterocycles. The molecule has 0 bridgehead atoms. The van der Waals surface area contributed by atoms with E-state index in [0.717, 1.165) is 43.3 Å². The van der Waals surface area contributed by atoms with Crippen molar-refractivity contribution in [1.82, 2.24) is 34.4 Å². The van der Waals surface area contributed by atoms with Gasteiger partial charge in [0.1, 0.15) is 0 Å². The van der Waals surface area contributed by atoms with Crippen molar-refractivity contribution in [3.8, 4) is 17.1 Å². The monoisotopic (exact) mass is 465 g/mol. The van der Waals surface area contributed by atoms with Crippen LogP contribution in [0.25, 0.3) is 17.1 Å². The van der Waals surface area contributed by atoms with Crippen LogP contribution in [0.3, 0.4) is 0 Å². The van der Waals surface area contributed by atoms with E-state index in [9.17, 15) is 4.79 Å². The first-order chi connectivity index (χ1) is 15.9. The molecular weight excluding hydrogens is 434 g/mol. The van der Waals surface area contributed by atoms with Crippen LogP contribution >= 0.6 is 12.2 Å². The summed E-state index contributed by atoms with van der Waals surface area (Å²) in [6, 6.07) is 12.4. The molecule has 0 radical (unpaired) electrons. The van der Waals surface area contributed by atoms with Crippen molar-refractivity contribution in [2.75, 3.05) is 32.7 Å². The number of benzene rings is 1. The van der Waals surface area contributed by atoms with E-state index in [1.807, 2.05) is 35.2 Å². The van der Waals surface area contributed by atoms with Crippen LogP contribution in [0.15, 0.2) is 48.8 Å². The van der Waals surface area contributed by atoms with Crippen LogP contribution in [0.2, 0.25) is 0 Å². The Hall–Kier alpha value is -2.88. The van der Waals surface area contributed by atoms with Gasteiger partial charge in [0.25, 0.3) is 0 Å². The van der Waals surface area contributed by atoms with Crippen molar-refractivity contribution in [3.63, 3.8) is 0 Å². The van der Waals surface area contributed by atoms with Crippen LogP contribution in [0, 0.1) is 11.7 Å². The Morgan fingerprint density at radius 1 is 1.03 bits per heavy atom. The molecule has 33 heavy (non-hydrogen) atoms. The Morgan fingerprint density at radius 2 is 1.67 bits per heavy atom. The zero-order chi connectivity index (χ0) is 23.4. The summed E-state index contributed by atoms with van der Waals surface area (Å²) >= 11 is 5.87. The van der Waals surface area contributed by atoms with Crippen LogP contribution in [0.5, 0.6) is 0 Å². The highest BCUT2D eigenvalue weighted by molar-refractivity contribution is 7.71. The van der Waals surface area contributed by atoms with Gasteiger partial charge in [0.05, 0.1) is 13.2 Å². The predicted octanol–water partition coefficient (Wildman–Crippen LogP) is 2.87. The lowest BCUT2D eigenvalue weighted by Crippen LogP contribution is -2.50. The first kappa shape index (κ1) is 23.3. The zero-order valence-corrected chi connectivity index (χ0v) is 20.3. The third kappa shape index (κ3) is 5.73. The van der Waals surface area contributed by atoms with Gasteiger partial charge in [-0.1, -0.05) is 17.7 Å². The highest BCUT2D eigenvalue weighted by atomic mass is 32.1. The molecule has 1 aromatic carbocycles. The summed E-state index contributed by atoms with van der Waals surface area (Å²) in [5, 5.41) is 7.86. The molecule has 4 rings (SSSR count). The maximum Gasteiger partial charge on any atom is 0.234 e. The number of nitrogens with zero attached hydrogens (tertiary/aromatic N) is 6. The number of pyridine rings is 1. The molecule has 1 amide bonds. The molecule has 0 saturated carbocycles. The Kier molecular flexibility index (Phi) is 7.32. The van der Waals surface area contributed by atoms with Gasteiger partial charge in [-0.2, -0.15) is 0 Å². The summed E-state index contributed by atoms with van der Waals surface area (Å²) in [5.41, 5.74) is 3.16. The summed E-state index contributed by atoms with van der Waals surface area (Å²) in [5.74, 6) is 0.884. The highest BCUT2D eigenvalue weighted by Gasteiger charge is 2.21. The Labute approximate surface area is 199 Å². The Balaban J connectivity index is 1.52. The third-order valence-corrected chi connectivity index (χ3v) is 6.08. The Morgan fingerprint density at radius 3 is 2.30 bits per heavy atom. The van der Waals surface area contributed by atoms with Crippen molar-refractivity contribution in [3.05, 3.63) is 59.1 Å². The fourth-order valence-electron chi connectivity index (χ4n) is 3.96. The number of hydrogen-bond acceptors (Lipinski definition) is 6. The first-order valence-electron chi connectivity index (χ1n) is 11.3. The lowest BCUT2D eigenvalue weighted by atomic mass is 10.2. The number of aryl methyl sites for hydroxylation is 1. The number of aromatic nitrogens is 4. The number of piperazine rings is 1. The number of hydrogen-bond donors (Lipinski definition) is 1. The van der Waals surface area contributed by atoms with Crippen LogP contribution in [-0.4, -0.2) is 73.8 Å². The molecular formula is C24H31N7OS. The van der Waals surface area contributed by atoms with Crippen molar-refractivity contribution < 1.29 is 4.79 Å². The SMILES string of the molecule is Cc1ccc(-n2c(-c3ccncc3)nn(CN3CCN(CC(=O)NC(C)C)CC3)c2=S)cc1. The van der Waals surface area contributed by atoms with E-state index in [0.29, 0.717) is 18.0 Å². The lowest BCUT2D eigenvalue weighted by molar-refractivity contribution is -0.123. The summed E-state index contributed by atoms with van der Waals surface area (Å²) in [4.78, 5) is 20.7. The average Bonchev–Trinajstić information content (AvgIpc) is 3.12. The maximum atomic E-state index is 12.1. The van der Waals surface area contributed by atoms with Gasteiger partial charge in [-0.15, -0.1) is 5.10 Å². The number of carbonyl (C=O) groups is 1. The van der Waals surface area contributed by atoms with Gasteiger partial charge in [-0.25, -0.2) is 4.68 Å². The van der Waals surface area contributed by atoms with E-state index in [4.69, 9.17) is 17.3 Å². The minimum atomic E-state index is 0.0829. The molecule has 2 aromatic heterocycles. The number of rotatable bonds is 7. The van der Waals surface area contributed by atoms with E-state index >= 15 is 0 Å². The van der Waals surface area contributed by atoms with Crippen LogP contribution in [0.1, 0.15) is 19.4 Å². The van der Waals surface area contributed by atoms with Gasteiger partial charge in [-0.3, -0.25) is 24.1 Å². The molecule has 1 aliphatic heterocycles. The number of amides is 1. The minimum Gasteiger partial charge on any atom is -0.353 e. The summed E-state index contributed by atoms with van der Waals surface area (Å²) < 4.78 is 4.58. The molecule has 1 saturated heterocycles. The van der Waals surface area contributed by atoms with Crippen LogP contribution in [0.4, 0.5) is 0 Å². The van der Waals surface area contributed by atoms with Crippen LogP contribution < -0.4 is 5.32 Å². The molecule has 0 atom stereocenters. The number of nitrogens with one attached hydrogen (secondary N) is 1. The van der Waals surface area contributed by atoms with Crippen molar-refractivity contribution in [2.24, 2.45) is 0 Å². The third-order valence-electron chi connectivity index (χ3n) is 5.69. The molecule has 3 aromatic rings. The fourth-order valence-corrected chi connectivity index (χ4v) is 4.25. The predicted molar refractivity (Wildman–Crippen MR) is 132 cm³/mol. The smallest absolute Gasteiger partial charge is 0.234 e. The largest absolute Gasteiger partial charge is 0.353 e. The molecule has 9 heteroatoms. The van der Waals surface area contributed by atoms with E-state index in [1.54, 1.807) is 12.4 Å². The van der Waals surface area contributed by atoms with Crippen molar-refractivity contribution >= 4 is 18.1 Å². The molecule has 8 nitrogen and oxygen atoms in total. The van der Waals surface area contributed by atoms with Crippen molar-refractivity contribution in [1.29, 1.82) is 0 Å². The normalized spacial score (nSPS) is 15.2. The van der Waals surface area contributed by atoms with Gasteiger partial charge in [0.15, 0.2) is 5.82 Å². The molecule has 0 unspecified atom stereocenters. The lowest BCUT2D eigenvalue weighted by Gasteiger charge is -2.34. The second kappa shape index (κ2) is 10.4. The topological polar surface area (TPSA) is 71.2 Å². The van der Waals surface area contributed by atoms with E-state index < -0.39 is 0 Å². The molecule has 0 aliphatic carbocycles. The molecule has 174 valence electrons. The molecule has 1 aliphatic rings. The zero-order valence-electron chi connectivity index (χ0n) is 19.4. The minimum absolute atomic E-state index is 0.0829. The molecule has 1 N–H and O–H groups in total. The second-order valence-electron chi connectivity index (χ2n) is 8.77. The van der Waals surface area contributed by atoms with E-state index in [2.05, 4.69) is 51.3 Å². The highest BCUT2D eigenvalue weighted by Crippen LogP contribution is 2.23. The van der Waals surface area contributed by atoms with Gasteiger partial charge in [0, 0.05) is 55.9 Å². The first-order valence-corrected chi connectivity index (χ1v) is 11.7. The molecule has 1 fully saturated rings. The Bertz CT molecular complexity index is 1130. The summed E-state index contributed by atoms with van der Waals surface area (Å²) in [7, 11) is 0. The van der Waals surface area contributed by atoms with Crippen LogP contribution in [-0.2, 0) is 11.5 Å².